The predicted molar refractivity (Wildman–Crippen MR) is 54.1 cm³/mol. The predicted octanol–water partition coefficient (Wildman–Crippen LogP) is 1.98. The van der Waals surface area contributed by atoms with Crippen LogP contribution in [0.4, 0.5) is 20.2 Å². The van der Waals surface area contributed by atoms with Crippen LogP contribution in [-0.2, 0) is 0 Å². The fraction of sp³-hybridized carbons (Fsp3) is 0.222. The van der Waals surface area contributed by atoms with Gasteiger partial charge in [0.2, 0.25) is 0 Å². The first kappa shape index (κ1) is 12.8. The molecule has 0 bridgehead atoms. The summed E-state index contributed by atoms with van der Waals surface area (Å²) in [6, 6.07) is 1.82. The van der Waals surface area contributed by atoms with E-state index in [0.717, 1.165) is 19.1 Å². The topological polar surface area (TPSA) is 95.5 Å². The maximum atomic E-state index is 12.0. The Morgan fingerprint density at radius 1 is 1.53 bits per heavy atom. The molecule has 0 spiro atoms. The number of alkyl halides is 2. The van der Waals surface area contributed by atoms with Crippen LogP contribution in [-0.4, -0.2) is 17.3 Å². The van der Waals surface area contributed by atoms with Crippen molar-refractivity contribution in [2.75, 3.05) is 5.73 Å². The second kappa shape index (κ2) is 4.73. The van der Waals surface area contributed by atoms with Crippen molar-refractivity contribution in [2.45, 2.75) is 13.5 Å². The van der Waals surface area contributed by atoms with Crippen molar-refractivity contribution >= 4 is 17.2 Å². The number of nitro groups is 1. The molecule has 8 heteroatoms. The Kier molecular flexibility index (Phi) is 3.56. The first-order chi connectivity index (χ1) is 7.84. The molecular formula is C9H8F2N2O4. The SMILES string of the molecule is CC(=O)c1c(OC(F)F)ccc([N+](=O)[O-])c1N. The molecule has 17 heavy (non-hydrogen) atoms. The summed E-state index contributed by atoms with van der Waals surface area (Å²) in [6.07, 6.45) is 0. The van der Waals surface area contributed by atoms with Crippen LogP contribution >= 0.6 is 0 Å². The molecule has 0 saturated carbocycles. The first-order valence-corrected chi connectivity index (χ1v) is 4.37. The van der Waals surface area contributed by atoms with Crippen molar-refractivity contribution < 1.29 is 23.2 Å². The van der Waals surface area contributed by atoms with Gasteiger partial charge in [-0.1, -0.05) is 0 Å². The number of hydrogen-bond donors (Lipinski definition) is 1. The van der Waals surface area contributed by atoms with Gasteiger partial charge in [-0.25, -0.2) is 0 Å². The fourth-order valence-corrected chi connectivity index (χ4v) is 1.31. The van der Waals surface area contributed by atoms with Crippen molar-refractivity contribution in [3.63, 3.8) is 0 Å². The number of halogens is 2. The Morgan fingerprint density at radius 3 is 2.53 bits per heavy atom. The van der Waals surface area contributed by atoms with Gasteiger partial charge in [0.25, 0.3) is 5.69 Å². The third-order valence-electron chi connectivity index (χ3n) is 1.95. The molecule has 2 N–H and O–H groups in total. The van der Waals surface area contributed by atoms with Crippen LogP contribution in [0.2, 0.25) is 0 Å². The van der Waals surface area contributed by atoms with Gasteiger partial charge in [-0.2, -0.15) is 8.78 Å². The summed E-state index contributed by atoms with van der Waals surface area (Å²) in [4.78, 5) is 21.0. The van der Waals surface area contributed by atoms with Gasteiger partial charge in [0.15, 0.2) is 5.78 Å². The number of Topliss-reactive ketones (excluding diaryl/α,β-unsaturated/α-hetero) is 1. The van der Waals surface area contributed by atoms with Crippen LogP contribution in [0.3, 0.4) is 0 Å². The zero-order valence-corrected chi connectivity index (χ0v) is 8.65. The summed E-state index contributed by atoms with van der Waals surface area (Å²) < 4.78 is 28.2. The quantitative estimate of drug-likeness (QED) is 0.379. The van der Waals surface area contributed by atoms with E-state index in [4.69, 9.17) is 5.73 Å². The smallest absolute Gasteiger partial charge is 0.387 e. The molecule has 0 aliphatic heterocycles. The highest BCUT2D eigenvalue weighted by atomic mass is 19.3. The van der Waals surface area contributed by atoms with E-state index in [1.54, 1.807) is 0 Å². The summed E-state index contributed by atoms with van der Waals surface area (Å²) in [7, 11) is 0. The zero-order valence-electron chi connectivity index (χ0n) is 8.65. The van der Waals surface area contributed by atoms with E-state index in [9.17, 15) is 23.7 Å². The number of nitrogens with zero attached hydrogens (tertiary/aromatic N) is 1. The minimum atomic E-state index is -3.14. The van der Waals surface area contributed by atoms with E-state index in [1.807, 2.05) is 0 Å². The van der Waals surface area contributed by atoms with Gasteiger partial charge in [-0.05, 0) is 13.0 Å². The molecule has 6 nitrogen and oxygen atoms in total. The third kappa shape index (κ3) is 2.65. The minimum absolute atomic E-state index is 0.417. The van der Waals surface area contributed by atoms with Gasteiger partial charge in [0.1, 0.15) is 11.4 Å². The number of nitro benzene ring substituents is 1. The van der Waals surface area contributed by atoms with Crippen LogP contribution in [0.5, 0.6) is 5.75 Å². The number of nitrogen functional groups attached to an aromatic ring is 1. The van der Waals surface area contributed by atoms with Crippen molar-refractivity contribution in [3.05, 3.63) is 27.8 Å². The van der Waals surface area contributed by atoms with Crippen LogP contribution in [0.25, 0.3) is 0 Å². The Morgan fingerprint density at radius 2 is 2.12 bits per heavy atom. The number of carbonyl (C=O) groups is 1. The minimum Gasteiger partial charge on any atom is -0.434 e. The number of rotatable bonds is 4. The molecule has 0 fully saturated rings. The van der Waals surface area contributed by atoms with Gasteiger partial charge in [-0.15, -0.1) is 0 Å². The Hall–Kier alpha value is -2.25. The van der Waals surface area contributed by atoms with Gasteiger partial charge in [0, 0.05) is 6.07 Å². The normalized spacial score (nSPS) is 10.4. The van der Waals surface area contributed by atoms with Crippen molar-refractivity contribution in [3.8, 4) is 5.75 Å². The lowest BCUT2D eigenvalue weighted by atomic mass is 10.1. The lowest BCUT2D eigenvalue weighted by Gasteiger charge is -2.10. The highest BCUT2D eigenvalue weighted by Gasteiger charge is 2.23. The molecule has 0 aliphatic carbocycles. The van der Waals surface area contributed by atoms with E-state index in [2.05, 4.69) is 4.74 Å². The average molecular weight is 246 g/mol. The lowest BCUT2D eigenvalue weighted by Crippen LogP contribution is -2.10. The highest BCUT2D eigenvalue weighted by molar-refractivity contribution is 6.03. The zero-order chi connectivity index (χ0) is 13.2. The maximum Gasteiger partial charge on any atom is 0.387 e. The molecule has 0 saturated heterocycles. The van der Waals surface area contributed by atoms with E-state index in [0.29, 0.717) is 0 Å². The Labute approximate surface area is 94.1 Å². The fourth-order valence-electron chi connectivity index (χ4n) is 1.31. The number of ketones is 1. The number of nitrogens with two attached hydrogens (primary N) is 1. The summed E-state index contributed by atoms with van der Waals surface area (Å²) in [6.45, 7) is -2.10. The van der Waals surface area contributed by atoms with Crippen LogP contribution in [0.15, 0.2) is 12.1 Å². The second-order valence-corrected chi connectivity index (χ2v) is 3.06. The molecule has 1 aromatic carbocycles. The number of carbonyl (C=O) groups excluding carboxylic acids is 1. The summed E-state index contributed by atoms with van der Waals surface area (Å²) in [5.74, 6) is -1.17. The molecule has 92 valence electrons. The van der Waals surface area contributed by atoms with Crippen molar-refractivity contribution in [2.24, 2.45) is 0 Å². The average Bonchev–Trinajstić information content (AvgIpc) is 2.15. The van der Waals surface area contributed by atoms with Crippen LogP contribution in [0.1, 0.15) is 17.3 Å². The number of anilines is 1. The largest absolute Gasteiger partial charge is 0.434 e. The van der Waals surface area contributed by atoms with Crippen molar-refractivity contribution in [1.82, 2.24) is 0 Å². The van der Waals surface area contributed by atoms with Gasteiger partial charge in [0.05, 0.1) is 10.5 Å². The summed E-state index contributed by atoms with van der Waals surface area (Å²) in [5.41, 5.74) is 3.94. The standard InChI is InChI=1S/C9H8F2N2O4/c1-4(14)7-6(17-9(10)11)3-2-5(8(7)12)13(15)16/h2-3,9H,12H2,1H3. The molecule has 0 amide bonds. The summed E-state index contributed by atoms with van der Waals surface area (Å²) in [5, 5.41) is 10.6. The molecule has 1 rings (SSSR count). The second-order valence-electron chi connectivity index (χ2n) is 3.06. The molecule has 0 unspecified atom stereocenters. The van der Waals surface area contributed by atoms with E-state index < -0.39 is 40.0 Å². The Balaban J connectivity index is 3.39. The molecule has 0 aromatic heterocycles. The maximum absolute atomic E-state index is 12.0. The van der Waals surface area contributed by atoms with Crippen LogP contribution in [0, 0.1) is 10.1 Å². The Bertz CT molecular complexity index is 476. The molecule has 0 radical (unpaired) electrons. The highest BCUT2D eigenvalue weighted by Crippen LogP contribution is 2.33. The number of hydrogen-bond acceptors (Lipinski definition) is 5. The molecule has 1 aromatic rings. The monoisotopic (exact) mass is 246 g/mol. The van der Waals surface area contributed by atoms with Gasteiger partial charge >= 0.3 is 6.61 Å². The van der Waals surface area contributed by atoms with E-state index >= 15 is 0 Å². The van der Waals surface area contributed by atoms with E-state index in [-0.39, 0.29) is 0 Å². The number of benzene rings is 1. The van der Waals surface area contributed by atoms with E-state index in [1.165, 1.54) is 0 Å². The van der Waals surface area contributed by atoms with Crippen LogP contribution < -0.4 is 10.5 Å². The lowest BCUT2D eigenvalue weighted by molar-refractivity contribution is -0.383. The number of ether oxygens (including phenoxy) is 1. The first-order valence-electron chi connectivity index (χ1n) is 4.37. The van der Waals surface area contributed by atoms with Crippen molar-refractivity contribution in [1.29, 1.82) is 0 Å². The molecule has 0 atom stereocenters. The third-order valence-corrected chi connectivity index (χ3v) is 1.95. The molecule has 0 aliphatic rings. The van der Waals surface area contributed by atoms with Gasteiger partial charge in [-0.3, -0.25) is 14.9 Å². The molecule has 0 heterocycles. The van der Waals surface area contributed by atoms with Gasteiger partial charge < -0.3 is 10.5 Å². The summed E-state index contributed by atoms with van der Waals surface area (Å²) >= 11 is 0. The molecular weight excluding hydrogens is 238 g/mol.